The predicted octanol–water partition coefficient (Wildman–Crippen LogP) is 2.48. The van der Waals surface area contributed by atoms with E-state index in [1.165, 1.54) is 0 Å². The van der Waals surface area contributed by atoms with E-state index in [9.17, 15) is 8.78 Å². The van der Waals surface area contributed by atoms with Crippen LogP contribution in [-0.2, 0) is 13.5 Å². The van der Waals surface area contributed by atoms with E-state index in [-0.39, 0.29) is 6.42 Å². The molecule has 0 saturated heterocycles. The van der Waals surface area contributed by atoms with E-state index in [0.717, 1.165) is 11.3 Å². The normalized spacial score (nSPS) is 11.1. The lowest BCUT2D eigenvalue weighted by atomic mass is 10.1. The Kier molecular flexibility index (Phi) is 3.08. The van der Waals surface area contributed by atoms with Crippen LogP contribution in [0, 0.1) is 0 Å². The second-order valence-electron chi connectivity index (χ2n) is 3.87. The summed E-state index contributed by atoms with van der Waals surface area (Å²) in [6.45, 7) is 0. The van der Waals surface area contributed by atoms with Crippen molar-refractivity contribution in [3.8, 4) is 11.3 Å². The number of hydrogen-bond donors (Lipinski definition) is 1. The molecule has 0 bridgehead atoms. The highest BCUT2D eigenvalue weighted by Crippen LogP contribution is 2.20. The van der Waals surface area contributed by atoms with E-state index in [1.54, 1.807) is 42.1 Å². The predicted molar refractivity (Wildman–Crippen MR) is 62.8 cm³/mol. The van der Waals surface area contributed by atoms with E-state index in [2.05, 4.69) is 5.10 Å². The van der Waals surface area contributed by atoms with Gasteiger partial charge in [-0.25, -0.2) is 8.78 Å². The zero-order chi connectivity index (χ0) is 12.4. The highest BCUT2D eigenvalue weighted by molar-refractivity contribution is 5.62. The standard InChI is InChI=1S/C12H13F2N3/c1-17-12(15)7-10(16-17)9-4-2-8(3-5-9)6-11(13)14/h2-5,7,11H,6,15H2,1H3. The average Bonchev–Trinajstić information content (AvgIpc) is 2.59. The van der Waals surface area contributed by atoms with Crippen molar-refractivity contribution in [3.63, 3.8) is 0 Å². The van der Waals surface area contributed by atoms with Gasteiger partial charge in [-0.1, -0.05) is 24.3 Å². The van der Waals surface area contributed by atoms with Crippen molar-refractivity contribution in [1.82, 2.24) is 9.78 Å². The molecule has 90 valence electrons. The highest BCUT2D eigenvalue weighted by atomic mass is 19.3. The molecular weight excluding hydrogens is 224 g/mol. The van der Waals surface area contributed by atoms with Gasteiger partial charge in [-0.15, -0.1) is 0 Å². The van der Waals surface area contributed by atoms with Crippen molar-refractivity contribution in [2.24, 2.45) is 7.05 Å². The quantitative estimate of drug-likeness (QED) is 0.891. The number of halogens is 2. The molecule has 2 N–H and O–H groups in total. The van der Waals surface area contributed by atoms with E-state index >= 15 is 0 Å². The molecular formula is C12H13F2N3. The molecule has 2 aromatic rings. The van der Waals surface area contributed by atoms with Crippen LogP contribution in [0.4, 0.5) is 14.6 Å². The summed E-state index contributed by atoms with van der Waals surface area (Å²) in [5.74, 6) is 0.566. The number of nitrogens with zero attached hydrogens (tertiary/aromatic N) is 2. The Morgan fingerprint density at radius 1 is 1.29 bits per heavy atom. The van der Waals surface area contributed by atoms with Gasteiger partial charge in [-0.05, 0) is 5.56 Å². The number of rotatable bonds is 3. The SMILES string of the molecule is Cn1nc(-c2ccc(CC(F)F)cc2)cc1N. The molecule has 0 spiro atoms. The monoisotopic (exact) mass is 237 g/mol. The van der Waals surface area contributed by atoms with Gasteiger partial charge in [-0.3, -0.25) is 4.68 Å². The molecule has 0 amide bonds. The first-order valence-electron chi connectivity index (χ1n) is 5.23. The number of anilines is 1. The van der Waals surface area contributed by atoms with Gasteiger partial charge in [0, 0.05) is 25.1 Å². The maximum Gasteiger partial charge on any atom is 0.242 e. The summed E-state index contributed by atoms with van der Waals surface area (Å²) in [5, 5.41) is 4.21. The van der Waals surface area contributed by atoms with Crippen LogP contribution in [0.1, 0.15) is 5.56 Å². The van der Waals surface area contributed by atoms with Gasteiger partial charge in [0.15, 0.2) is 0 Å². The summed E-state index contributed by atoms with van der Waals surface area (Å²) < 4.78 is 25.9. The van der Waals surface area contributed by atoms with Crippen molar-refractivity contribution in [1.29, 1.82) is 0 Å². The molecule has 0 aliphatic rings. The molecule has 17 heavy (non-hydrogen) atoms. The Balaban J connectivity index is 2.23. The first-order valence-corrected chi connectivity index (χ1v) is 5.23. The number of hydrogen-bond acceptors (Lipinski definition) is 2. The number of nitrogen functional groups attached to an aromatic ring is 1. The summed E-state index contributed by atoms with van der Waals surface area (Å²) in [5.41, 5.74) is 7.91. The minimum Gasteiger partial charge on any atom is -0.384 e. The first kappa shape index (κ1) is 11.6. The lowest BCUT2D eigenvalue weighted by Gasteiger charge is -2.01. The summed E-state index contributed by atoms with van der Waals surface area (Å²) >= 11 is 0. The van der Waals surface area contributed by atoms with E-state index in [1.807, 2.05) is 0 Å². The second kappa shape index (κ2) is 4.53. The molecule has 3 nitrogen and oxygen atoms in total. The van der Waals surface area contributed by atoms with Gasteiger partial charge in [0.25, 0.3) is 0 Å². The molecule has 5 heteroatoms. The fourth-order valence-corrected chi connectivity index (χ4v) is 1.61. The molecule has 0 fully saturated rings. The van der Waals surface area contributed by atoms with Gasteiger partial charge in [0.05, 0.1) is 5.69 Å². The van der Waals surface area contributed by atoms with Crippen LogP contribution in [0.15, 0.2) is 30.3 Å². The van der Waals surface area contributed by atoms with E-state index in [0.29, 0.717) is 11.4 Å². The maximum absolute atomic E-state index is 12.2. The number of nitrogens with two attached hydrogens (primary N) is 1. The smallest absolute Gasteiger partial charge is 0.242 e. The number of benzene rings is 1. The van der Waals surface area contributed by atoms with Crippen molar-refractivity contribution < 1.29 is 8.78 Å². The van der Waals surface area contributed by atoms with Crippen LogP contribution in [0.25, 0.3) is 11.3 Å². The second-order valence-corrected chi connectivity index (χ2v) is 3.87. The fourth-order valence-electron chi connectivity index (χ4n) is 1.61. The molecule has 0 unspecified atom stereocenters. The van der Waals surface area contributed by atoms with Crippen molar-refractivity contribution in [2.75, 3.05) is 5.73 Å². The molecule has 0 aliphatic heterocycles. The van der Waals surface area contributed by atoms with Crippen LogP contribution >= 0.6 is 0 Å². The van der Waals surface area contributed by atoms with Crippen LogP contribution in [-0.4, -0.2) is 16.2 Å². The number of aromatic nitrogens is 2. The van der Waals surface area contributed by atoms with Crippen molar-refractivity contribution >= 4 is 5.82 Å². The molecule has 0 saturated carbocycles. The minimum absolute atomic E-state index is 0.218. The van der Waals surface area contributed by atoms with Crippen LogP contribution in [0.3, 0.4) is 0 Å². The lowest BCUT2D eigenvalue weighted by Crippen LogP contribution is -1.97. The minimum atomic E-state index is -2.31. The Labute approximate surface area is 97.9 Å². The lowest BCUT2D eigenvalue weighted by molar-refractivity contribution is 0.149. The molecule has 1 aromatic heterocycles. The Bertz CT molecular complexity index is 483. The fraction of sp³-hybridized carbons (Fsp3) is 0.250. The molecule has 0 atom stereocenters. The van der Waals surface area contributed by atoms with Gasteiger partial charge in [0.2, 0.25) is 6.43 Å². The van der Waals surface area contributed by atoms with Gasteiger partial charge in [-0.2, -0.15) is 5.10 Å². The maximum atomic E-state index is 12.2. The van der Waals surface area contributed by atoms with Crippen molar-refractivity contribution in [2.45, 2.75) is 12.8 Å². The molecule has 2 rings (SSSR count). The van der Waals surface area contributed by atoms with Gasteiger partial charge < -0.3 is 5.73 Å². The van der Waals surface area contributed by atoms with Crippen LogP contribution < -0.4 is 5.73 Å². The summed E-state index contributed by atoms with van der Waals surface area (Å²) in [6, 6.07) is 8.68. The largest absolute Gasteiger partial charge is 0.384 e. The highest BCUT2D eigenvalue weighted by Gasteiger charge is 2.07. The zero-order valence-electron chi connectivity index (χ0n) is 9.40. The summed E-state index contributed by atoms with van der Waals surface area (Å²) in [7, 11) is 1.75. The summed E-state index contributed by atoms with van der Waals surface area (Å²) in [6.07, 6.45) is -2.53. The summed E-state index contributed by atoms with van der Waals surface area (Å²) in [4.78, 5) is 0. The van der Waals surface area contributed by atoms with Gasteiger partial charge >= 0.3 is 0 Å². The van der Waals surface area contributed by atoms with Crippen LogP contribution in [0.2, 0.25) is 0 Å². The molecule has 0 aliphatic carbocycles. The first-order chi connectivity index (χ1) is 8.06. The third-order valence-electron chi connectivity index (χ3n) is 2.56. The Hall–Kier alpha value is -1.91. The van der Waals surface area contributed by atoms with Crippen molar-refractivity contribution in [3.05, 3.63) is 35.9 Å². The number of aryl methyl sites for hydroxylation is 1. The third-order valence-corrected chi connectivity index (χ3v) is 2.56. The Morgan fingerprint density at radius 2 is 1.94 bits per heavy atom. The third kappa shape index (κ3) is 2.61. The van der Waals surface area contributed by atoms with E-state index < -0.39 is 6.43 Å². The van der Waals surface area contributed by atoms with Gasteiger partial charge in [0.1, 0.15) is 5.82 Å². The molecule has 0 radical (unpaired) electrons. The Morgan fingerprint density at radius 3 is 2.41 bits per heavy atom. The number of alkyl halides is 2. The molecule has 1 aromatic carbocycles. The zero-order valence-corrected chi connectivity index (χ0v) is 9.40. The van der Waals surface area contributed by atoms with Crippen LogP contribution in [0.5, 0.6) is 0 Å². The van der Waals surface area contributed by atoms with E-state index in [4.69, 9.17) is 5.73 Å². The topological polar surface area (TPSA) is 43.8 Å². The molecule has 1 heterocycles. The average molecular weight is 237 g/mol.